The molecule has 0 spiro atoms. The van der Waals surface area contributed by atoms with Gasteiger partial charge in [-0.15, -0.1) is 0 Å². The van der Waals surface area contributed by atoms with Crippen molar-refractivity contribution in [3.05, 3.63) is 23.2 Å². The lowest BCUT2D eigenvalue weighted by molar-refractivity contribution is -0.125. The molecule has 3 rings (SSSR count). The van der Waals surface area contributed by atoms with E-state index in [9.17, 15) is 9.59 Å². The fraction of sp³-hybridized carbons (Fsp3) is 0.579. The van der Waals surface area contributed by atoms with Gasteiger partial charge in [0, 0.05) is 12.1 Å². The third kappa shape index (κ3) is 4.13. The zero-order valence-electron chi connectivity index (χ0n) is 15.4. The molecule has 0 atom stereocenters. The fourth-order valence-corrected chi connectivity index (χ4v) is 3.72. The van der Waals surface area contributed by atoms with E-state index in [0.717, 1.165) is 13.1 Å². The van der Waals surface area contributed by atoms with Crippen molar-refractivity contribution in [1.29, 1.82) is 0 Å². The van der Waals surface area contributed by atoms with E-state index in [4.69, 9.17) is 16.3 Å². The number of nitrogens with one attached hydrogen (secondary N) is 1. The first-order valence-corrected chi connectivity index (χ1v) is 9.50. The van der Waals surface area contributed by atoms with Gasteiger partial charge in [-0.3, -0.25) is 19.4 Å². The first-order valence-electron chi connectivity index (χ1n) is 9.12. The van der Waals surface area contributed by atoms with Crippen molar-refractivity contribution in [2.75, 3.05) is 37.7 Å². The summed E-state index contributed by atoms with van der Waals surface area (Å²) in [7, 11) is 0. The van der Waals surface area contributed by atoms with Crippen LogP contribution in [0.1, 0.15) is 33.1 Å². The summed E-state index contributed by atoms with van der Waals surface area (Å²) < 4.78 is 5.41. The summed E-state index contributed by atoms with van der Waals surface area (Å²) in [5.74, 6) is 0.0247. The van der Waals surface area contributed by atoms with Gasteiger partial charge in [-0.2, -0.15) is 0 Å². The van der Waals surface area contributed by atoms with Crippen molar-refractivity contribution < 1.29 is 14.3 Å². The van der Waals surface area contributed by atoms with Gasteiger partial charge >= 0.3 is 0 Å². The molecule has 142 valence electrons. The van der Waals surface area contributed by atoms with Crippen LogP contribution in [0.5, 0.6) is 5.75 Å². The SMILES string of the molecule is CC(C)(CNC(=O)CN1C(=O)COc2c(Cl)cccc21)N1CCCCC1. The number of hydrogen-bond donors (Lipinski definition) is 1. The Kier molecular flexibility index (Phi) is 5.73. The summed E-state index contributed by atoms with van der Waals surface area (Å²) in [5, 5.41) is 3.42. The molecule has 1 saturated heterocycles. The highest BCUT2D eigenvalue weighted by Gasteiger charge is 2.31. The van der Waals surface area contributed by atoms with Gasteiger partial charge in [0.1, 0.15) is 6.54 Å². The van der Waals surface area contributed by atoms with Gasteiger partial charge in [0.25, 0.3) is 5.91 Å². The third-order valence-electron chi connectivity index (χ3n) is 5.11. The number of fused-ring (bicyclic) bond motifs is 1. The number of anilines is 1. The van der Waals surface area contributed by atoms with Crippen LogP contribution in [0.3, 0.4) is 0 Å². The summed E-state index contributed by atoms with van der Waals surface area (Å²) in [6.07, 6.45) is 3.69. The van der Waals surface area contributed by atoms with Crippen LogP contribution in [0.2, 0.25) is 5.02 Å². The predicted octanol–water partition coefficient (Wildman–Crippen LogP) is 2.45. The number of piperidine rings is 1. The number of carbonyl (C=O) groups excluding carboxylic acids is 2. The van der Waals surface area contributed by atoms with Crippen molar-refractivity contribution in [1.82, 2.24) is 10.2 Å². The molecule has 1 fully saturated rings. The second-order valence-corrected chi connectivity index (χ2v) is 7.90. The Morgan fingerprint density at radius 2 is 2.00 bits per heavy atom. The Bertz CT molecular complexity index is 687. The minimum Gasteiger partial charge on any atom is -0.480 e. The fourth-order valence-electron chi connectivity index (χ4n) is 3.50. The van der Waals surface area contributed by atoms with E-state index >= 15 is 0 Å². The average Bonchev–Trinajstić information content (AvgIpc) is 2.63. The van der Waals surface area contributed by atoms with E-state index in [1.54, 1.807) is 18.2 Å². The summed E-state index contributed by atoms with van der Waals surface area (Å²) in [6.45, 7) is 6.83. The Morgan fingerprint density at radius 1 is 1.27 bits per heavy atom. The van der Waals surface area contributed by atoms with Crippen LogP contribution >= 0.6 is 11.6 Å². The Morgan fingerprint density at radius 3 is 2.73 bits per heavy atom. The molecule has 0 radical (unpaired) electrons. The zero-order valence-corrected chi connectivity index (χ0v) is 16.1. The van der Waals surface area contributed by atoms with E-state index in [-0.39, 0.29) is 30.5 Å². The van der Waals surface area contributed by atoms with E-state index in [0.29, 0.717) is 23.0 Å². The summed E-state index contributed by atoms with van der Waals surface area (Å²) in [6, 6.07) is 5.19. The highest BCUT2D eigenvalue weighted by atomic mass is 35.5. The second-order valence-electron chi connectivity index (χ2n) is 7.49. The summed E-state index contributed by atoms with van der Waals surface area (Å²) in [5.41, 5.74) is 0.436. The van der Waals surface area contributed by atoms with Crippen molar-refractivity contribution in [3.63, 3.8) is 0 Å². The number of carbonyl (C=O) groups is 2. The van der Waals surface area contributed by atoms with E-state index in [1.165, 1.54) is 24.2 Å². The smallest absolute Gasteiger partial charge is 0.265 e. The lowest BCUT2D eigenvalue weighted by Crippen LogP contribution is -2.54. The van der Waals surface area contributed by atoms with Crippen molar-refractivity contribution in [2.45, 2.75) is 38.6 Å². The molecule has 0 bridgehead atoms. The zero-order chi connectivity index (χ0) is 18.7. The molecule has 6 nitrogen and oxygen atoms in total. The minimum absolute atomic E-state index is 0.0361. The normalized spacial score (nSPS) is 18.3. The molecule has 1 N–H and O–H groups in total. The molecule has 1 aromatic carbocycles. The number of nitrogens with zero attached hydrogens (tertiary/aromatic N) is 2. The molecular formula is C19H26ClN3O3. The average molecular weight is 380 g/mol. The largest absolute Gasteiger partial charge is 0.480 e. The standard InChI is InChI=1S/C19H26ClN3O3/c1-19(2,22-9-4-3-5-10-22)13-21-16(24)11-23-15-8-6-7-14(20)18(15)26-12-17(23)25/h6-8H,3-5,9-13H2,1-2H3,(H,21,24). The predicted molar refractivity (Wildman–Crippen MR) is 102 cm³/mol. The maximum atomic E-state index is 12.5. The number of hydrogen-bond acceptors (Lipinski definition) is 4. The lowest BCUT2D eigenvalue weighted by Gasteiger charge is -2.41. The molecule has 0 saturated carbocycles. The molecule has 2 heterocycles. The van der Waals surface area contributed by atoms with E-state index in [1.807, 2.05) is 0 Å². The van der Waals surface area contributed by atoms with E-state index in [2.05, 4.69) is 24.1 Å². The molecule has 26 heavy (non-hydrogen) atoms. The molecule has 0 aromatic heterocycles. The number of rotatable bonds is 5. The number of amides is 2. The summed E-state index contributed by atoms with van der Waals surface area (Å²) >= 11 is 6.13. The summed E-state index contributed by atoms with van der Waals surface area (Å²) in [4.78, 5) is 28.6. The first-order chi connectivity index (χ1) is 12.4. The number of likely N-dealkylation sites (tertiary alicyclic amines) is 1. The minimum atomic E-state index is -0.245. The van der Waals surface area contributed by atoms with Crippen molar-refractivity contribution in [2.24, 2.45) is 0 Å². The van der Waals surface area contributed by atoms with Gasteiger partial charge in [0.05, 0.1) is 10.7 Å². The van der Waals surface area contributed by atoms with Gasteiger partial charge in [-0.1, -0.05) is 24.1 Å². The third-order valence-corrected chi connectivity index (χ3v) is 5.41. The molecule has 0 aliphatic carbocycles. The molecule has 2 amide bonds. The monoisotopic (exact) mass is 379 g/mol. The topological polar surface area (TPSA) is 61.9 Å². The Hall–Kier alpha value is -1.79. The van der Waals surface area contributed by atoms with Gasteiger partial charge in [-0.05, 0) is 51.9 Å². The van der Waals surface area contributed by atoms with Crippen LogP contribution < -0.4 is 15.0 Å². The molecule has 1 aromatic rings. The number of halogens is 1. The van der Waals surface area contributed by atoms with Gasteiger partial charge in [-0.25, -0.2) is 0 Å². The van der Waals surface area contributed by atoms with Gasteiger partial charge in [0.2, 0.25) is 5.91 Å². The van der Waals surface area contributed by atoms with Crippen LogP contribution in [-0.4, -0.2) is 55.0 Å². The maximum Gasteiger partial charge on any atom is 0.265 e. The van der Waals surface area contributed by atoms with E-state index < -0.39 is 0 Å². The molecular weight excluding hydrogens is 354 g/mol. The highest BCUT2D eigenvalue weighted by Crippen LogP contribution is 2.37. The van der Waals surface area contributed by atoms with Crippen LogP contribution in [0.25, 0.3) is 0 Å². The molecule has 7 heteroatoms. The second kappa shape index (κ2) is 7.84. The Labute approximate surface area is 159 Å². The lowest BCUT2D eigenvalue weighted by atomic mass is 9.98. The van der Waals surface area contributed by atoms with Crippen LogP contribution in [0.15, 0.2) is 18.2 Å². The van der Waals surface area contributed by atoms with Crippen LogP contribution in [0, 0.1) is 0 Å². The van der Waals surface area contributed by atoms with Crippen molar-refractivity contribution >= 4 is 29.1 Å². The van der Waals surface area contributed by atoms with Crippen LogP contribution in [-0.2, 0) is 9.59 Å². The molecule has 2 aliphatic heterocycles. The van der Waals surface area contributed by atoms with Gasteiger partial charge in [0.15, 0.2) is 12.4 Å². The van der Waals surface area contributed by atoms with Crippen LogP contribution in [0.4, 0.5) is 5.69 Å². The number of ether oxygens (including phenoxy) is 1. The molecule has 0 unspecified atom stereocenters. The van der Waals surface area contributed by atoms with Crippen molar-refractivity contribution in [3.8, 4) is 5.75 Å². The Balaban J connectivity index is 1.61. The van der Waals surface area contributed by atoms with Gasteiger partial charge < -0.3 is 10.1 Å². The molecule has 2 aliphatic rings. The number of benzene rings is 1. The highest BCUT2D eigenvalue weighted by molar-refractivity contribution is 6.32. The number of para-hydroxylation sites is 1. The quantitative estimate of drug-likeness (QED) is 0.853. The maximum absolute atomic E-state index is 12.5. The first kappa shape index (κ1) is 19.0.